The lowest BCUT2D eigenvalue weighted by molar-refractivity contribution is 0.0953. The molecule has 4 heteroatoms. The van der Waals surface area contributed by atoms with Crippen molar-refractivity contribution in [2.45, 2.75) is 26.8 Å². The number of nitrogens with zero attached hydrogens (tertiary/aromatic N) is 2. The predicted molar refractivity (Wildman–Crippen MR) is 93.5 cm³/mol. The highest BCUT2D eigenvalue weighted by molar-refractivity contribution is 5.99. The molecular weight excluding hydrogens is 298 g/mol. The Morgan fingerprint density at radius 1 is 1.00 bits per heavy atom. The number of hydrogen-bond acceptors (Lipinski definition) is 2. The second-order valence-corrected chi connectivity index (χ2v) is 6.42. The van der Waals surface area contributed by atoms with Gasteiger partial charge in [-0.2, -0.15) is 5.10 Å². The Morgan fingerprint density at radius 3 is 2.33 bits per heavy atom. The van der Waals surface area contributed by atoms with E-state index >= 15 is 0 Å². The van der Waals surface area contributed by atoms with Gasteiger partial charge in [0.15, 0.2) is 0 Å². The second kappa shape index (κ2) is 5.34. The molecule has 1 N–H and O–H groups in total. The van der Waals surface area contributed by atoms with Gasteiger partial charge in [0, 0.05) is 5.56 Å². The van der Waals surface area contributed by atoms with E-state index in [1.807, 2.05) is 37.3 Å². The number of fused-ring (bicyclic) bond motifs is 1. The third-order valence-electron chi connectivity index (χ3n) is 4.47. The summed E-state index contributed by atoms with van der Waals surface area (Å²) in [6.07, 6.45) is 0. The molecule has 0 radical (unpaired) electrons. The van der Waals surface area contributed by atoms with Crippen molar-refractivity contribution in [3.05, 3.63) is 82.2 Å². The molecule has 0 bridgehead atoms. The van der Waals surface area contributed by atoms with Crippen molar-refractivity contribution in [2.24, 2.45) is 0 Å². The van der Waals surface area contributed by atoms with Crippen molar-refractivity contribution in [2.75, 3.05) is 0 Å². The number of amides is 1. The lowest BCUT2D eigenvalue weighted by Gasteiger charge is -2.11. The van der Waals surface area contributed by atoms with Crippen LogP contribution in [-0.2, 0) is 0 Å². The molecule has 0 saturated heterocycles. The fourth-order valence-corrected chi connectivity index (χ4v) is 3.53. The molecule has 1 aromatic heterocycles. The van der Waals surface area contributed by atoms with E-state index in [-0.39, 0.29) is 11.9 Å². The Labute approximate surface area is 141 Å². The fourth-order valence-electron chi connectivity index (χ4n) is 3.53. The molecule has 0 aliphatic carbocycles. The van der Waals surface area contributed by atoms with Crippen LogP contribution in [0.5, 0.6) is 0 Å². The largest absolute Gasteiger partial charge is 0.340 e. The number of aryl methyl sites for hydroxylation is 3. The third kappa shape index (κ3) is 2.22. The molecule has 0 saturated carbocycles. The average Bonchev–Trinajstić information content (AvgIpc) is 3.07. The van der Waals surface area contributed by atoms with Crippen molar-refractivity contribution in [3.63, 3.8) is 0 Å². The zero-order valence-electron chi connectivity index (χ0n) is 14.0. The molecule has 4 rings (SSSR count). The standard InChI is InChI=1S/C20H19N3O/c1-12-9-13(2)11-16(10-12)23-19-17(14(3)22-23)18(21-20(19)24)15-7-5-4-6-8-15/h4-11,18H,1-3H3,(H,21,24). The normalized spacial score (nSPS) is 16.1. The van der Waals surface area contributed by atoms with Crippen LogP contribution in [0.25, 0.3) is 5.69 Å². The summed E-state index contributed by atoms with van der Waals surface area (Å²) >= 11 is 0. The number of rotatable bonds is 2. The van der Waals surface area contributed by atoms with Gasteiger partial charge in [0.1, 0.15) is 5.69 Å². The van der Waals surface area contributed by atoms with Gasteiger partial charge in [0.25, 0.3) is 5.91 Å². The maximum Gasteiger partial charge on any atom is 0.271 e. The van der Waals surface area contributed by atoms with Crippen molar-refractivity contribution in [1.82, 2.24) is 15.1 Å². The topological polar surface area (TPSA) is 46.9 Å². The molecule has 1 amide bonds. The van der Waals surface area contributed by atoms with Crippen LogP contribution in [0.1, 0.15) is 44.5 Å². The van der Waals surface area contributed by atoms with Crippen molar-refractivity contribution >= 4 is 5.91 Å². The van der Waals surface area contributed by atoms with E-state index in [1.54, 1.807) is 4.68 Å². The molecule has 2 aromatic carbocycles. The molecule has 4 nitrogen and oxygen atoms in total. The van der Waals surface area contributed by atoms with Crippen LogP contribution >= 0.6 is 0 Å². The number of hydrogen-bond donors (Lipinski definition) is 1. The maximum absolute atomic E-state index is 12.7. The van der Waals surface area contributed by atoms with Crippen molar-refractivity contribution in [3.8, 4) is 5.69 Å². The van der Waals surface area contributed by atoms with Crippen LogP contribution < -0.4 is 5.32 Å². The molecular formula is C20H19N3O. The summed E-state index contributed by atoms with van der Waals surface area (Å²) in [5.74, 6) is -0.0707. The van der Waals surface area contributed by atoms with Gasteiger partial charge in [0.2, 0.25) is 0 Å². The number of nitrogens with one attached hydrogen (secondary N) is 1. The number of aromatic nitrogens is 2. The molecule has 1 unspecified atom stereocenters. The number of carbonyl (C=O) groups is 1. The van der Waals surface area contributed by atoms with E-state index in [2.05, 4.69) is 42.5 Å². The van der Waals surface area contributed by atoms with Crippen LogP contribution in [0.3, 0.4) is 0 Å². The van der Waals surface area contributed by atoms with Crippen molar-refractivity contribution < 1.29 is 4.79 Å². The Bertz CT molecular complexity index is 921. The first-order valence-corrected chi connectivity index (χ1v) is 8.08. The smallest absolute Gasteiger partial charge is 0.271 e. The van der Waals surface area contributed by atoms with Gasteiger partial charge < -0.3 is 5.32 Å². The van der Waals surface area contributed by atoms with Gasteiger partial charge in [-0.3, -0.25) is 4.79 Å². The van der Waals surface area contributed by atoms with Gasteiger partial charge in [-0.25, -0.2) is 4.68 Å². The highest BCUT2D eigenvalue weighted by Gasteiger charge is 2.36. The Hall–Kier alpha value is -2.88. The molecule has 2 heterocycles. The summed E-state index contributed by atoms with van der Waals surface area (Å²) in [6, 6.07) is 16.1. The summed E-state index contributed by atoms with van der Waals surface area (Å²) in [5, 5.41) is 7.76. The SMILES string of the molecule is Cc1cc(C)cc(-n2nc(C)c3c2C(=O)NC3c2ccccc2)c1. The summed E-state index contributed by atoms with van der Waals surface area (Å²) in [5.41, 5.74) is 6.83. The molecule has 1 aliphatic heterocycles. The van der Waals surface area contributed by atoms with Crippen LogP contribution in [0.15, 0.2) is 48.5 Å². The van der Waals surface area contributed by atoms with Crippen LogP contribution in [-0.4, -0.2) is 15.7 Å². The average molecular weight is 317 g/mol. The van der Waals surface area contributed by atoms with E-state index in [0.29, 0.717) is 5.69 Å². The first-order chi connectivity index (χ1) is 11.5. The van der Waals surface area contributed by atoms with Gasteiger partial charge in [-0.05, 0) is 49.6 Å². The first kappa shape index (κ1) is 14.7. The highest BCUT2D eigenvalue weighted by Crippen LogP contribution is 2.34. The lowest BCUT2D eigenvalue weighted by atomic mass is 10.0. The van der Waals surface area contributed by atoms with Crippen LogP contribution in [0.2, 0.25) is 0 Å². The maximum atomic E-state index is 12.7. The van der Waals surface area contributed by atoms with E-state index in [1.165, 1.54) is 0 Å². The monoisotopic (exact) mass is 317 g/mol. The highest BCUT2D eigenvalue weighted by atomic mass is 16.2. The summed E-state index contributed by atoms with van der Waals surface area (Å²) < 4.78 is 1.78. The van der Waals surface area contributed by atoms with Crippen LogP contribution in [0.4, 0.5) is 0 Å². The van der Waals surface area contributed by atoms with Gasteiger partial charge in [-0.1, -0.05) is 36.4 Å². The van der Waals surface area contributed by atoms with Crippen LogP contribution in [0, 0.1) is 20.8 Å². The third-order valence-corrected chi connectivity index (χ3v) is 4.47. The molecule has 1 atom stereocenters. The molecule has 1 aliphatic rings. The first-order valence-electron chi connectivity index (χ1n) is 8.08. The second-order valence-electron chi connectivity index (χ2n) is 6.42. The number of carbonyl (C=O) groups excluding carboxylic acids is 1. The summed E-state index contributed by atoms with van der Waals surface area (Å²) in [7, 11) is 0. The predicted octanol–water partition coefficient (Wildman–Crippen LogP) is 3.63. The Balaban J connectivity index is 1.90. The van der Waals surface area contributed by atoms with Crippen molar-refractivity contribution in [1.29, 1.82) is 0 Å². The minimum Gasteiger partial charge on any atom is -0.340 e. The molecule has 3 aromatic rings. The van der Waals surface area contributed by atoms with Gasteiger partial charge >= 0.3 is 0 Å². The molecule has 24 heavy (non-hydrogen) atoms. The minimum absolute atomic E-state index is 0.0707. The molecule has 0 fully saturated rings. The van der Waals surface area contributed by atoms with Gasteiger partial charge in [-0.15, -0.1) is 0 Å². The summed E-state index contributed by atoms with van der Waals surface area (Å²) in [6.45, 7) is 6.08. The van der Waals surface area contributed by atoms with E-state index in [0.717, 1.165) is 33.6 Å². The zero-order chi connectivity index (χ0) is 16.8. The summed E-state index contributed by atoms with van der Waals surface area (Å²) in [4.78, 5) is 12.7. The van der Waals surface area contributed by atoms with E-state index in [4.69, 9.17) is 0 Å². The molecule has 0 spiro atoms. The van der Waals surface area contributed by atoms with Gasteiger partial charge in [0.05, 0.1) is 17.4 Å². The quantitative estimate of drug-likeness (QED) is 0.784. The fraction of sp³-hybridized carbons (Fsp3) is 0.200. The Kier molecular flexibility index (Phi) is 3.27. The minimum atomic E-state index is -0.131. The lowest BCUT2D eigenvalue weighted by Crippen LogP contribution is -2.22. The molecule has 120 valence electrons. The Morgan fingerprint density at radius 2 is 1.67 bits per heavy atom. The number of benzene rings is 2. The zero-order valence-corrected chi connectivity index (χ0v) is 14.0. The van der Waals surface area contributed by atoms with E-state index < -0.39 is 0 Å². The van der Waals surface area contributed by atoms with E-state index in [9.17, 15) is 4.79 Å².